The lowest BCUT2D eigenvalue weighted by molar-refractivity contribution is -0.124. The highest BCUT2D eigenvalue weighted by molar-refractivity contribution is 5.78. The van der Waals surface area contributed by atoms with Crippen LogP contribution in [0.2, 0.25) is 0 Å². The second-order valence-corrected chi connectivity index (χ2v) is 4.07. The van der Waals surface area contributed by atoms with E-state index >= 15 is 0 Å². The fourth-order valence-corrected chi connectivity index (χ4v) is 1.54. The minimum atomic E-state index is 0.0363. The molecule has 1 amide bonds. The lowest BCUT2D eigenvalue weighted by atomic mass is 10.1. The molecule has 0 bridgehead atoms. The number of pyridine rings is 1. The Morgan fingerprint density at radius 3 is 3.06 bits per heavy atom. The Morgan fingerprint density at radius 2 is 2.29 bits per heavy atom. The van der Waals surface area contributed by atoms with Crippen molar-refractivity contribution < 1.29 is 4.79 Å². The molecule has 17 heavy (non-hydrogen) atoms. The number of hydrogen-bond donors (Lipinski definition) is 1. The number of hydrogen-bond acceptors (Lipinski definition) is 3. The van der Waals surface area contributed by atoms with E-state index in [-0.39, 0.29) is 11.8 Å². The summed E-state index contributed by atoms with van der Waals surface area (Å²) in [6, 6.07) is 5.70. The molecule has 2 aromatic heterocycles. The van der Waals surface area contributed by atoms with Gasteiger partial charge < -0.3 is 5.32 Å². The van der Waals surface area contributed by atoms with Gasteiger partial charge >= 0.3 is 0 Å². The second kappa shape index (κ2) is 4.95. The van der Waals surface area contributed by atoms with E-state index in [9.17, 15) is 4.79 Å². The zero-order valence-electron chi connectivity index (χ0n) is 10.1. The molecule has 5 nitrogen and oxygen atoms in total. The maximum Gasteiger partial charge on any atom is 0.223 e. The van der Waals surface area contributed by atoms with Crippen LogP contribution in [-0.2, 0) is 11.3 Å². The maximum absolute atomic E-state index is 11.6. The molecular weight excluding hydrogens is 216 g/mol. The molecule has 90 valence electrons. The third-order valence-corrected chi connectivity index (χ3v) is 2.87. The first-order valence-electron chi connectivity index (χ1n) is 5.78. The summed E-state index contributed by atoms with van der Waals surface area (Å²) in [5.74, 6) is 0.839. The number of carbonyl (C=O) groups excluding carboxylic acids is 1. The number of fused-ring (bicyclic) bond motifs is 1. The highest BCUT2D eigenvalue weighted by atomic mass is 16.1. The number of aromatic nitrogens is 3. The first-order valence-corrected chi connectivity index (χ1v) is 5.78. The molecule has 0 radical (unpaired) electrons. The fraction of sp³-hybridized carbons (Fsp3) is 0.417. The number of rotatable bonds is 4. The van der Waals surface area contributed by atoms with Gasteiger partial charge in [0.05, 0.1) is 6.54 Å². The van der Waals surface area contributed by atoms with Gasteiger partial charge in [-0.15, -0.1) is 10.2 Å². The lowest BCUT2D eigenvalue weighted by Gasteiger charge is -2.08. The summed E-state index contributed by atoms with van der Waals surface area (Å²) in [5.41, 5.74) is 0.792. The third kappa shape index (κ3) is 2.43. The van der Waals surface area contributed by atoms with Crippen LogP contribution in [0.3, 0.4) is 0 Å². The predicted octanol–water partition coefficient (Wildman–Crippen LogP) is 1.39. The van der Waals surface area contributed by atoms with Crippen molar-refractivity contribution in [2.75, 3.05) is 0 Å². The summed E-state index contributed by atoms with van der Waals surface area (Å²) in [7, 11) is 0. The number of nitrogens with zero attached hydrogens (tertiary/aromatic N) is 3. The van der Waals surface area contributed by atoms with Gasteiger partial charge in [0, 0.05) is 12.1 Å². The molecule has 2 rings (SSSR count). The molecule has 5 heteroatoms. The molecule has 0 fully saturated rings. The van der Waals surface area contributed by atoms with Crippen LogP contribution < -0.4 is 5.32 Å². The normalized spacial score (nSPS) is 12.6. The van der Waals surface area contributed by atoms with E-state index in [0.29, 0.717) is 6.54 Å². The van der Waals surface area contributed by atoms with Crippen molar-refractivity contribution in [3.8, 4) is 0 Å². The van der Waals surface area contributed by atoms with Gasteiger partial charge in [0.15, 0.2) is 11.5 Å². The second-order valence-electron chi connectivity index (χ2n) is 4.07. The monoisotopic (exact) mass is 232 g/mol. The van der Waals surface area contributed by atoms with Crippen molar-refractivity contribution in [2.45, 2.75) is 26.8 Å². The Labute approximate surface area is 99.9 Å². The van der Waals surface area contributed by atoms with E-state index in [4.69, 9.17) is 0 Å². The van der Waals surface area contributed by atoms with Gasteiger partial charge in [0.25, 0.3) is 0 Å². The van der Waals surface area contributed by atoms with E-state index in [1.807, 2.05) is 42.6 Å². The summed E-state index contributed by atoms with van der Waals surface area (Å²) in [5, 5.41) is 10.9. The van der Waals surface area contributed by atoms with Crippen molar-refractivity contribution in [1.29, 1.82) is 0 Å². The molecule has 0 aromatic carbocycles. The molecular formula is C12H16N4O. The Kier molecular flexibility index (Phi) is 3.37. The van der Waals surface area contributed by atoms with Gasteiger partial charge in [-0.05, 0) is 18.6 Å². The Balaban J connectivity index is 2.07. The first kappa shape index (κ1) is 11.6. The molecule has 0 saturated heterocycles. The summed E-state index contributed by atoms with van der Waals surface area (Å²) < 4.78 is 1.87. The molecule has 0 aliphatic carbocycles. The van der Waals surface area contributed by atoms with Crippen LogP contribution >= 0.6 is 0 Å². The Morgan fingerprint density at radius 1 is 1.47 bits per heavy atom. The third-order valence-electron chi connectivity index (χ3n) is 2.87. The standard InChI is InChI=1S/C12H16N4O/c1-3-9(2)12(17)13-8-11-15-14-10-6-4-5-7-16(10)11/h4-7,9H,3,8H2,1-2H3,(H,13,17). The molecule has 0 saturated carbocycles. The summed E-state index contributed by atoms with van der Waals surface area (Å²) in [6.45, 7) is 4.32. The molecule has 2 aromatic rings. The first-order chi connectivity index (χ1) is 8.22. The van der Waals surface area contributed by atoms with E-state index in [0.717, 1.165) is 17.9 Å². The number of nitrogens with one attached hydrogen (secondary N) is 1. The average molecular weight is 232 g/mol. The minimum absolute atomic E-state index is 0.0363. The topological polar surface area (TPSA) is 59.3 Å². The SMILES string of the molecule is CCC(C)C(=O)NCc1nnc2ccccn12. The zero-order chi connectivity index (χ0) is 12.3. The van der Waals surface area contributed by atoms with Gasteiger partial charge in [-0.3, -0.25) is 9.20 Å². The van der Waals surface area contributed by atoms with Crippen LogP contribution in [0.5, 0.6) is 0 Å². The minimum Gasteiger partial charge on any atom is -0.349 e. The van der Waals surface area contributed by atoms with Gasteiger partial charge in [-0.2, -0.15) is 0 Å². The van der Waals surface area contributed by atoms with Crippen molar-refractivity contribution in [3.05, 3.63) is 30.2 Å². The van der Waals surface area contributed by atoms with E-state index < -0.39 is 0 Å². The van der Waals surface area contributed by atoms with Gasteiger partial charge in [0.1, 0.15) is 0 Å². The Hall–Kier alpha value is -1.91. The van der Waals surface area contributed by atoms with Crippen molar-refractivity contribution in [1.82, 2.24) is 19.9 Å². The Bertz CT molecular complexity index is 520. The van der Waals surface area contributed by atoms with Crippen molar-refractivity contribution in [3.63, 3.8) is 0 Å². The van der Waals surface area contributed by atoms with Crippen LogP contribution in [0, 0.1) is 5.92 Å². The summed E-state index contributed by atoms with van der Waals surface area (Å²) in [6.07, 6.45) is 2.73. The van der Waals surface area contributed by atoms with Crippen LogP contribution in [0.15, 0.2) is 24.4 Å². The summed E-state index contributed by atoms with van der Waals surface area (Å²) >= 11 is 0. The van der Waals surface area contributed by atoms with Crippen molar-refractivity contribution >= 4 is 11.6 Å². The highest BCUT2D eigenvalue weighted by Crippen LogP contribution is 2.04. The van der Waals surface area contributed by atoms with Crippen LogP contribution in [-0.4, -0.2) is 20.5 Å². The largest absolute Gasteiger partial charge is 0.349 e. The zero-order valence-corrected chi connectivity index (χ0v) is 10.1. The molecule has 0 aliphatic rings. The van der Waals surface area contributed by atoms with E-state index in [2.05, 4.69) is 15.5 Å². The van der Waals surface area contributed by atoms with E-state index in [1.165, 1.54) is 0 Å². The smallest absolute Gasteiger partial charge is 0.223 e. The quantitative estimate of drug-likeness (QED) is 0.866. The number of amides is 1. The van der Waals surface area contributed by atoms with Crippen molar-refractivity contribution in [2.24, 2.45) is 5.92 Å². The van der Waals surface area contributed by atoms with Gasteiger partial charge in [-0.1, -0.05) is 19.9 Å². The predicted molar refractivity (Wildman–Crippen MR) is 64.3 cm³/mol. The van der Waals surface area contributed by atoms with Crippen LogP contribution in [0.1, 0.15) is 26.1 Å². The molecule has 0 aliphatic heterocycles. The lowest BCUT2D eigenvalue weighted by Crippen LogP contribution is -2.29. The molecule has 1 atom stereocenters. The molecule has 2 heterocycles. The fourth-order valence-electron chi connectivity index (χ4n) is 1.54. The van der Waals surface area contributed by atoms with Crippen LogP contribution in [0.25, 0.3) is 5.65 Å². The average Bonchev–Trinajstić information content (AvgIpc) is 2.78. The maximum atomic E-state index is 11.6. The van der Waals surface area contributed by atoms with Gasteiger partial charge in [-0.25, -0.2) is 0 Å². The van der Waals surface area contributed by atoms with E-state index in [1.54, 1.807) is 0 Å². The number of carbonyl (C=O) groups is 1. The highest BCUT2D eigenvalue weighted by Gasteiger charge is 2.11. The summed E-state index contributed by atoms with van der Waals surface area (Å²) in [4.78, 5) is 11.6. The van der Waals surface area contributed by atoms with Crippen LogP contribution in [0.4, 0.5) is 0 Å². The molecule has 1 unspecified atom stereocenters. The molecule has 0 spiro atoms. The van der Waals surface area contributed by atoms with Gasteiger partial charge in [0.2, 0.25) is 5.91 Å². The molecule has 1 N–H and O–H groups in total.